The van der Waals surface area contributed by atoms with E-state index >= 15 is 0 Å². The zero-order valence-corrected chi connectivity index (χ0v) is 17.1. The molecule has 1 heterocycles. The molecule has 1 N–H and O–H groups in total. The number of nitrogens with one attached hydrogen (secondary N) is 1. The molecule has 0 saturated carbocycles. The van der Waals surface area contributed by atoms with Gasteiger partial charge >= 0.3 is 0 Å². The van der Waals surface area contributed by atoms with Gasteiger partial charge in [-0.2, -0.15) is 5.10 Å². The molecule has 0 bridgehead atoms. The predicted molar refractivity (Wildman–Crippen MR) is 110 cm³/mol. The fourth-order valence-corrected chi connectivity index (χ4v) is 3.30. The standard InChI is InChI=1S/C22H27N3O3/c1-15-19(16(2)25(24-15)18-9-7-6-8-10-18)14-23-13-17-11-21(27-4)22(28-5)12-20(17)26-3/h6-12,23H,13-14H2,1-5H3. The first kappa shape index (κ1) is 19.8. The lowest BCUT2D eigenvalue weighted by molar-refractivity contribution is 0.347. The van der Waals surface area contributed by atoms with E-state index in [0.717, 1.165) is 28.4 Å². The van der Waals surface area contributed by atoms with Gasteiger partial charge in [0.2, 0.25) is 0 Å². The van der Waals surface area contributed by atoms with Gasteiger partial charge in [-0.1, -0.05) is 18.2 Å². The summed E-state index contributed by atoms with van der Waals surface area (Å²) in [5.41, 5.74) is 5.42. The summed E-state index contributed by atoms with van der Waals surface area (Å²) in [5.74, 6) is 2.10. The van der Waals surface area contributed by atoms with Crippen molar-refractivity contribution in [1.82, 2.24) is 15.1 Å². The quantitative estimate of drug-likeness (QED) is 0.643. The van der Waals surface area contributed by atoms with Gasteiger partial charge in [0.05, 0.1) is 32.7 Å². The Labute approximate surface area is 166 Å². The molecule has 0 saturated heterocycles. The molecule has 28 heavy (non-hydrogen) atoms. The van der Waals surface area contributed by atoms with Crippen LogP contribution in [-0.4, -0.2) is 31.1 Å². The van der Waals surface area contributed by atoms with E-state index in [0.29, 0.717) is 24.6 Å². The first-order chi connectivity index (χ1) is 13.6. The molecule has 148 valence electrons. The van der Waals surface area contributed by atoms with E-state index in [9.17, 15) is 0 Å². The van der Waals surface area contributed by atoms with Crippen molar-refractivity contribution in [2.45, 2.75) is 26.9 Å². The van der Waals surface area contributed by atoms with Crippen molar-refractivity contribution in [2.75, 3.05) is 21.3 Å². The Morgan fingerprint density at radius 1 is 0.857 bits per heavy atom. The predicted octanol–water partition coefficient (Wildman–Crippen LogP) is 3.80. The summed E-state index contributed by atoms with van der Waals surface area (Å²) in [5, 5.41) is 8.20. The van der Waals surface area contributed by atoms with Gasteiger partial charge in [-0.05, 0) is 32.0 Å². The van der Waals surface area contributed by atoms with Crippen LogP contribution in [0.1, 0.15) is 22.5 Å². The largest absolute Gasteiger partial charge is 0.496 e. The number of ether oxygens (including phenoxy) is 3. The summed E-state index contributed by atoms with van der Waals surface area (Å²) < 4.78 is 18.3. The Morgan fingerprint density at radius 3 is 2.14 bits per heavy atom. The SMILES string of the molecule is COc1cc(OC)c(OC)cc1CNCc1c(C)nn(-c2ccccc2)c1C. The molecule has 6 nitrogen and oxygen atoms in total. The Morgan fingerprint density at radius 2 is 1.50 bits per heavy atom. The molecule has 6 heteroatoms. The molecule has 3 aromatic rings. The summed E-state index contributed by atoms with van der Waals surface area (Å²) in [7, 11) is 4.90. The van der Waals surface area contributed by atoms with Crippen molar-refractivity contribution in [3.63, 3.8) is 0 Å². The number of methoxy groups -OCH3 is 3. The van der Waals surface area contributed by atoms with Gasteiger partial charge in [0.15, 0.2) is 11.5 Å². The average molecular weight is 381 g/mol. The summed E-state index contributed by atoms with van der Waals surface area (Å²) in [4.78, 5) is 0. The van der Waals surface area contributed by atoms with Crippen molar-refractivity contribution in [3.05, 3.63) is 65.0 Å². The number of hydrogen-bond acceptors (Lipinski definition) is 5. The highest BCUT2D eigenvalue weighted by Crippen LogP contribution is 2.34. The molecule has 0 radical (unpaired) electrons. The molecule has 0 aliphatic heterocycles. The van der Waals surface area contributed by atoms with Crippen LogP contribution in [0.5, 0.6) is 17.2 Å². The van der Waals surface area contributed by atoms with Gasteiger partial charge in [0.1, 0.15) is 5.75 Å². The maximum absolute atomic E-state index is 5.51. The van der Waals surface area contributed by atoms with Crippen LogP contribution < -0.4 is 19.5 Å². The van der Waals surface area contributed by atoms with Gasteiger partial charge in [-0.3, -0.25) is 0 Å². The summed E-state index contributed by atoms with van der Waals surface area (Å²) in [6.45, 7) is 5.49. The van der Waals surface area contributed by atoms with E-state index < -0.39 is 0 Å². The van der Waals surface area contributed by atoms with Gasteiger partial charge in [-0.15, -0.1) is 0 Å². The molecule has 0 atom stereocenters. The van der Waals surface area contributed by atoms with Gasteiger partial charge in [0, 0.05) is 36.0 Å². The lowest BCUT2D eigenvalue weighted by Gasteiger charge is -2.14. The van der Waals surface area contributed by atoms with Gasteiger partial charge in [0.25, 0.3) is 0 Å². The third-order valence-corrected chi connectivity index (χ3v) is 4.85. The summed E-state index contributed by atoms with van der Waals surface area (Å²) >= 11 is 0. The van der Waals surface area contributed by atoms with E-state index in [4.69, 9.17) is 19.3 Å². The second-order valence-electron chi connectivity index (χ2n) is 6.52. The summed E-state index contributed by atoms with van der Waals surface area (Å²) in [6, 6.07) is 14.0. The second kappa shape index (κ2) is 8.80. The van der Waals surface area contributed by atoms with Crippen molar-refractivity contribution in [1.29, 1.82) is 0 Å². The zero-order valence-electron chi connectivity index (χ0n) is 17.1. The molecular formula is C22H27N3O3. The van der Waals surface area contributed by atoms with Crippen molar-refractivity contribution >= 4 is 0 Å². The highest BCUT2D eigenvalue weighted by atomic mass is 16.5. The Kier molecular flexibility index (Phi) is 6.21. The first-order valence-electron chi connectivity index (χ1n) is 9.19. The van der Waals surface area contributed by atoms with E-state index in [1.807, 2.05) is 41.9 Å². The van der Waals surface area contributed by atoms with Crippen LogP contribution in [-0.2, 0) is 13.1 Å². The van der Waals surface area contributed by atoms with E-state index in [1.165, 1.54) is 5.56 Å². The normalized spacial score (nSPS) is 10.8. The van der Waals surface area contributed by atoms with Crippen molar-refractivity contribution < 1.29 is 14.2 Å². The van der Waals surface area contributed by atoms with Crippen LogP contribution in [0.2, 0.25) is 0 Å². The molecule has 0 fully saturated rings. The number of aryl methyl sites for hydroxylation is 1. The highest BCUT2D eigenvalue weighted by molar-refractivity contribution is 5.50. The average Bonchev–Trinajstić information content (AvgIpc) is 3.02. The Hall–Kier alpha value is -2.99. The molecule has 0 aliphatic rings. The number of para-hydroxylation sites is 1. The van der Waals surface area contributed by atoms with E-state index in [2.05, 4.69) is 24.4 Å². The minimum Gasteiger partial charge on any atom is -0.496 e. The molecule has 0 aliphatic carbocycles. The molecule has 0 spiro atoms. The third-order valence-electron chi connectivity index (χ3n) is 4.85. The van der Waals surface area contributed by atoms with Crippen LogP contribution in [0.25, 0.3) is 5.69 Å². The van der Waals surface area contributed by atoms with Crippen LogP contribution >= 0.6 is 0 Å². The topological polar surface area (TPSA) is 57.5 Å². The minimum absolute atomic E-state index is 0.638. The van der Waals surface area contributed by atoms with Crippen LogP contribution in [0, 0.1) is 13.8 Å². The van der Waals surface area contributed by atoms with Crippen LogP contribution in [0.3, 0.4) is 0 Å². The molecule has 3 rings (SSSR count). The first-order valence-corrected chi connectivity index (χ1v) is 9.19. The van der Waals surface area contributed by atoms with E-state index in [1.54, 1.807) is 21.3 Å². The van der Waals surface area contributed by atoms with E-state index in [-0.39, 0.29) is 0 Å². The monoisotopic (exact) mass is 381 g/mol. The molecule has 1 aromatic heterocycles. The van der Waals surface area contributed by atoms with Crippen LogP contribution in [0.4, 0.5) is 0 Å². The number of hydrogen-bond donors (Lipinski definition) is 1. The zero-order chi connectivity index (χ0) is 20.1. The third kappa shape index (κ3) is 3.97. The highest BCUT2D eigenvalue weighted by Gasteiger charge is 2.14. The van der Waals surface area contributed by atoms with Gasteiger partial charge in [-0.25, -0.2) is 4.68 Å². The Bertz CT molecular complexity index is 936. The molecule has 0 unspecified atom stereocenters. The minimum atomic E-state index is 0.638. The van der Waals surface area contributed by atoms with Crippen molar-refractivity contribution in [2.24, 2.45) is 0 Å². The fourth-order valence-electron chi connectivity index (χ4n) is 3.30. The lowest BCUT2D eigenvalue weighted by atomic mass is 10.1. The Balaban J connectivity index is 1.76. The molecular weight excluding hydrogens is 354 g/mol. The number of aromatic nitrogens is 2. The maximum Gasteiger partial charge on any atom is 0.164 e. The fraction of sp³-hybridized carbons (Fsp3) is 0.318. The lowest BCUT2D eigenvalue weighted by Crippen LogP contribution is -2.15. The summed E-state index contributed by atoms with van der Waals surface area (Å²) in [6.07, 6.45) is 0. The number of nitrogens with zero attached hydrogens (tertiary/aromatic N) is 2. The maximum atomic E-state index is 5.51. The number of benzene rings is 2. The smallest absolute Gasteiger partial charge is 0.164 e. The van der Waals surface area contributed by atoms with Gasteiger partial charge < -0.3 is 19.5 Å². The molecule has 2 aromatic carbocycles. The number of rotatable bonds is 8. The van der Waals surface area contributed by atoms with Crippen LogP contribution in [0.15, 0.2) is 42.5 Å². The second-order valence-corrected chi connectivity index (χ2v) is 6.52. The molecule has 0 amide bonds. The van der Waals surface area contributed by atoms with Crippen molar-refractivity contribution in [3.8, 4) is 22.9 Å².